The molecule has 90 valence electrons. The molecule has 0 amide bonds. The van der Waals surface area contributed by atoms with E-state index in [1.54, 1.807) is 10.8 Å². The largest absolute Gasteiger partial charge is 0.330 e. The van der Waals surface area contributed by atoms with Crippen molar-refractivity contribution in [1.29, 1.82) is 0 Å². The van der Waals surface area contributed by atoms with E-state index in [0.717, 1.165) is 10.2 Å². The Balaban J connectivity index is 2.20. The van der Waals surface area contributed by atoms with Crippen molar-refractivity contribution in [3.8, 4) is 0 Å². The van der Waals surface area contributed by atoms with E-state index in [2.05, 4.69) is 25.9 Å². The zero-order valence-corrected chi connectivity index (χ0v) is 11.6. The van der Waals surface area contributed by atoms with Crippen LogP contribution in [0.5, 0.6) is 0 Å². The van der Waals surface area contributed by atoms with Crippen molar-refractivity contribution < 1.29 is 8.42 Å². The van der Waals surface area contributed by atoms with Gasteiger partial charge < -0.3 is 4.57 Å². The predicted molar refractivity (Wildman–Crippen MR) is 66.3 cm³/mol. The van der Waals surface area contributed by atoms with Gasteiger partial charge in [0.2, 0.25) is 0 Å². The summed E-state index contributed by atoms with van der Waals surface area (Å²) in [5, 5.41) is -0.156. The number of rotatable bonds is 3. The van der Waals surface area contributed by atoms with Crippen molar-refractivity contribution in [2.45, 2.75) is 11.6 Å². The highest BCUT2D eigenvalue weighted by atomic mass is 79.9. The van der Waals surface area contributed by atoms with E-state index in [0.29, 0.717) is 6.54 Å². The third kappa shape index (κ3) is 3.27. The van der Waals surface area contributed by atoms with Gasteiger partial charge in [-0.2, -0.15) is 0 Å². The van der Waals surface area contributed by atoms with Crippen molar-refractivity contribution in [3.63, 3.8) is 0 Å². The molecule has 0 aliphatic heterocycles. The molecule has 0 unspecified atom stereocenters. The molecule has 0 fully saturated rings. The Kier molecular flexibility index (Phi) is 3.50. The monoisotopic (exact) mass is 335 g/mol. The van der Waals surface area contributed by atoms with E-state index in [9.17, 15) is 8.42 Å². The van der Waals surface area contributed by atoms with Gasteiger partial charge in [0, 0.05) is 27.5 Å². The van der Waals surface area contributed by atoms with E-state index in [4.69, 9.17) is 10.7 Å². The smallest absolute Gasteiger partial charge is 0.280 e. The maximum absolute atomic E-state index is 11.0. The van der Waals surface area contributed by atoms with Crippen LogP contribution < -0.4 is 0 Å². The van der Waals surface area contributed by atoms with Crippen LogP contribution in [0.1, 0.15) is 5.69 Å². The Bertz CT molecular complexity index is 624. The summed E-state index contributed by atoms with van der Waals surface area (Å²) in [6, 6.07) is 3.69. The van der Waals surface area contributed by atoms with Crippen LogP contribution in [0.2, 0.25) is 0 Å². The van der Waals surface area contributed by atoms with Gasteiger partial charge in [-0.05, 0) is 28.1 Å². The summed E-state index contributed by atoms with van der Waals surface area (Å²) >= 11 is 3.28. The van der Waals surface area contributed by atoms with Crippen LogP contribution in [-0.2, 0) is 15.6 Å². The van der Waals surface area contributed by atoms with Gasteiger partial charge in [0.25, 0.3) is 9.05 Å². The van der Waals surface area contributed by atoms with Gasteiger partial charge in [0.1, 0.15) is 0 Å². The number of pyridine rings is 1. The molecule has 0 aromatic carbocycles. The van der Waals surface area contributed by atoms with E-state index >= 15 is 0 Å². The maximum atomic E-state index is 11.0. The lowest BCUT2D eigenvalue weighted by molar-refractivity contribution is 0.606. The van der Waals surface area contributed by atoms with Gasteiger partial charge in [-0.1, -0.05) is 0 Å². The highest BCUT2D eigenvalue weighted by Gasteiger charge is 2.13. The second kappa shape index (κ2) is 4.75. The highest BCUT2D eigenvalue weighted by molar-refractivity contribution is 9.10. The Morgan fingerprint density at radius 1 is 1.35 bits per heavy atom. The summed E-state index contributed by atoms with van der Waals surface area (Å²) < 4.78 is 24.5. The fourth-order valence-corrected chi connectivity index (χ4v) is 2.15. The average molecular weight is 337 g/mol. The molecule has 2 aromatic heterocycles. The Morgan fingerprint density at radius 2 is 2.12 bits per heavy atom. The maximum Gasteiger partial charge on any atom is 0.280 e. The molecule has 0 aliphatic rings. The average Bonchev–Trinajstić information content (AvgIpc) is 2.69. The highest BCUT2D eigenvalue weighted by Crippen LogP contribution is 2.13. The minimum atomic E-state index is -3.77. The number of halogens is 2. The standard InChI is InChI=1S/C9H7BrClN3O2S/c10-7-1-2-8(12-3-7)4-14-5-9(13-6-14)17(11,15)16/h1-3,5-6H,4H2. The van der Waals surface area contributed by atoms with Crippen LogP contribution in [-0.4, -0.2) is 23.0 Å². The molecule has 0 radical (unpaired) electrons. The molecule has 2 rings (SSSR count). The van der Waals surface area contributed by atoms with Crippen LogP contribution in [0.4, 0.5) is 0 Å². The Hall–Kier alpha value is -0.920. The minimum absolute atomic E-state index is 0.156. The van der Waals surface area contributed by atoms with Crippen LogP contribution in [0, 0.1) is 0 Å². The van der Waals surface area contributed by atoms with E-state index in [-0.39, 0.29) is 5.03 Å². The molecule has 0 saturated carbocycles. The molecule has 0 atom stereocenters. The van der Waals surface area contributed by atoms with Gasteiger partial charge in [0.15, 0.2) is 5.03 Å². The fraction of sp³-hybridized carbons (Fsp3) is 0.111. The van der Waals surface area contributed by atoms with Gasteiger partial charge in [-0.3, -0.25) is 4.98 Å². The second-order valence-electron chi connectivity index (χ2n) is 3.29. The van der Waals surface area contributed by atoms with Crippen LogP contribution in [0.25, 0.3) is 0 Å². The molecule has 0 aliphatic carbocycles. The number of hydrogen-bond donors (Lipinski definition) is 0. The molecule has 5 nitrogen and oxygen atoms in total. The Labute approximate surface area is 111 Å². The molecule has 17 heavy (non-hydrogen) atoms. The molecule has 0 N–H and O–H groups in total. The van der Waals surface area contributed by atoms with Crippen molar-refractivity contribution in [3.05, 3.63) is 41.0 Å². The quantitative estimate of drug-likeness (QED) is 0.804. The van der Waals surface area contributed by atoms with E-state index in [1.165, 1.54) is 12.5 Å². The third-order valence-corrected chi connectivity index (χ3v) is 3.65. The third-order valence-electron chi connectivity index (χ3n) is 1.99. The first-order valence-corrected chi connectivity index (χ1v) is 7.62. The summed E-state index contributed by atoms with van der Waals surface area (Å²) in [6.45, 7) is 0.437. The summed E-state index contributed by atoms with van der Waals surface area (Å²) in [5.41, 5.74) is 0.795. The van der Waals surface area contributed by atoms with E-state index in [1.807, 2.05) is 12.1 Å². The zero-order chi connectivity index (χ0) is 12.5. The number of aromatic nitrogens is 3. The van der Waals surface area contributed by atoms with E-state index < -0.39 is 9.05 Å². The topological polar surface area (TPSA) is 64.8 Å². The lowest BCUT2D eigenvalue weighted by Crippen LogP contribution is -1.98. The fourth-order valence-electron chi connectivity index (χ4n) is 1.24. The summed E-state index contributed by atoms with van der Waals surface area (Å²) in [7, 11) is 1.40. The molecule has 0 spiro atoms. The molecule has 2 heterocycles. The molecule has 0 bridgehead atoms. The van der Waals surface area contributed by atoms with Crippen molar-refractivity contribution in [2.75, 3.05) is 0 Å². The SMILES string of the molecule is O=S(=O)(Cl)c1cn(Cc2ccc(Br)cn2)cn1. The summed E-state index contributed by atoms with van der Waals surface area (Å²) in [5.74, 6) is 0. The normalized spacial score (nSPS) is 11.6. The first-order valence-electron chi connectivity index (χ1n) is 4.52. The van der Waals surface area contributed by atoms with Gasteiger partial charge in [-0.25, -0.2) is 13.4 Å². The lowest BCUT2D eigenvalue weighted by atomic mass is 10.3. The predicted octanol–water partition coefficient (Wildman–Crippen LogP) is 2.02. The van der Waals surface area contributed by atoms with Crippen LogP contribution in [0.15, 0.2) is 40.4 Å². The van der Waals surface area contributed by atoms with Crippen LogP contribution >= 0.6 is 26.6 Å². The van der Waals surface area contributed by atoms with Gasteiger partial charge >= 0.3 is 0 Å². The zero-order valence-electron chi connectivity index (χ0n) is 8.42. The number of imidazole rings is 1. The van der Waals surface area contributed by atoms with Gasteiger partial charge in [0.05, 0.1) is 18.6 Å². The Morgan fingerprint density at radius 3 is 2.65 bits per heavy atom. The summed E-state index contributed by atoms with van der Waals surface area (Å²) in [6.07, 6.45) is 4.44. The van der Waals surface area contributed by atoms with Crippen molar-refractivity contribution in [2.24, 2.45) is 0 Å². The molecule has 2 aromatic rings. The van der Waals surface area contributed by atoms with Crippen molar-refractivity contribution in [1.82, 2.24) is 14.5 Å². The van der Waals surface area contributed by atoms with Crippen molar-refractivity contribution >= 4 is 35.7 Å². The first kappa shape index (κ1) is 12.5. The second-order valence-corrected chi connectivity index (χ2v) is 6.72. The molecule has 0 saturated heterocycles. The molecule has 8 heteroatoms. The molecular weight excluding hydrogens is 330 g/mol. The summed E-state index contributed by atoms with van der Waals surface area (Å²) in [4.78, 5) is 7.87. The van der Waals surface area contributed by atoms with Crippen LogP contribution in [0.3, 0.4) is 0 Å². The number of hydrogen-bond acceptors (Lipinski definition) is 4. The lowest BCUT2D eigenvalue weighted by Gasteiger charge is -2.00. The number of nitrogens with zero attached hydrogens (tertiary/aromatic N) is 3. The van der Waals surface area contributed by atoms with Gasteiger partial charge in [-0.15, -0.1) is 0 Å². The minimum Gasteiger partial charge on any atom is -0.330 e. The first-order chi connectivity index (χ1) is 7.95. The molecular formula is C9H7BrClN3O2S.